The largest absolute Gasteiger partial charge is 0.460 e. The summed E-state index contributed by atoms with van der Waals surface area (Å²) in [4.78, 5) is 10.8. The highest BCUT2D eigenvalue weighted by atomic mass is 31.2. The first-order valence-electron chi connectivity index (χ1n) is 11.8. The highest BCUT2D eigenvalue weighted by molar-refractivity contribution is 7.41. The average Bonchev–Trinajstić information content (AvgIpc) is 2.78. The molecule has 0 spiro atoms. The van der Waals surface area contributed by atoms with Crippen molar-refractivity contribution in [1.82, 2.24) is 0 Å². The van der Waals surface area contributed by atoms with E-state index >= 15 is 0 Å². The van der Waals surface area contributed by atoms with Gasteiger partial charge < -0.3 is 13.9 Å². The summed E-state index contributed by atoms with van der Waals surface area (Å²) < 4.78 is 12.0. The summed E-state index contributed by atoms with van der Waals surface area (Å²) in [6.45, 7) is 13.0. The van der Waals surface area contributed by atoms with Gasteiger partial charge in [-0.15, -0.1) is 0 Å². The molecule has 0 saturated heterocycles. The monoisotopic (exact) mass is 464 g/mol. The first-order valence-corrected chi connectivity index (χ1v) is 12.9. The molecule has 1 unspecified atom stereocenters. The minimum Gasteiger partial charge on any atom is -0.418 e. The molecular weight excluding hydrogens is 427 g/mol. The number of hydrogen-bond donors (Lipinski definition) is 1. The van der Waals surface area contributed by atoms with Crippen molar-refractivity contribution in [3.05, 3.63) is 95.1 Å². The molecule has 0 aliphatic heterocycles. The summed E-state index contributed by atoms with van der Waals surface area (Å²) in [7, 11) is -2.15. The third-order valence-electron chi connectivity index (χ3n) is 6.08. The second-order valence-electron chi connectivity index (χ2n) is 10.1. The number of para-hydroxylation sites is 1. The van der Waals surface area contributed by atoms with E-state index in [1.165, 1.54) is 11.1 Å². The van der Waals surface area contributed by atoms with E-state index in [1.54, 1.807) is 0 Å². The molecule has 0 bridgehead atoms. The molecule has 0 saturated carbocycles. The van der Waals surface area contributed by atoms with Gasteiger partial charge in [0.15, 0.2) is 0 Å². The van der Waals surface area contributed by atoms with Crippen LogP contribution >= 0.6 is 8.60 Å². The molecule has 0 fully saturated rings. The molecule has 3 rings (SSSR count). The number of aryl methyl sites for hydroxylation is 1. The Bertz CT molecular complexity index is 1040. The van der Waals surface area contributed by atoms with Crippen LogP contribution in [0.15, 0.2) is 72.8 Å². The maximum Gasteiger partial charge on any atom is 0.460 e. The number of unbranched alkanes of at least 4 members (excludes halogenated alkanes) is 1. The van der Waals surface area contributed by atoms with Crippen LogP contribution in [0.4, 0.5) is 0 Å². The Morgan fingerprint density at radius 2 is 1.36 bits per heavy atom. The Morgan fingerprint density at radius 3 is 2.00 bits per heavy atom. The second kappa shape index (κ2) is 10.7. The number of benzene rings is 3. The summed E-state index contributed by atoms with van der Waals surface area (Å²) in [5.41, 5.74) is 4.17. The van der Waals surface area contributed by atoms with Crippen LogP contribution in [0.1, 0.15) is 76.6 Å². The van der Waals surface area contributed by atoms with Crippen molar-refractivity contribution in [1.29, 1.82) is 0 Å². The van der Waals surface area contributed by atoms with Gasteiger partial charge in [-0.1, -0.05) is 109 Å². The molecule has 1 N–H and O–H groups in total. The molecule has 3 aromatic carbocycles. The average molecular weight is 465 g/mol. The Morgan fingerprint density at radius 1 is 0.758 bits per heavy atom. The normalized spacial score (nSPS) is 12.9. The predicted molar refractivity (Wildman–Crippen MR) is 139 cm³/mol. The van der Waals surface area contributed by atoms with E-state index in [0.717, 1.165) is 30.4 Å². The van der Waals surface area contributed by atoms with Crippen LogP contribution in [-0.4, -0.2) is 4.89 Å². The summed E-state index contributed by atoms with van der Waals surface area (Å²) in [5, 5.41) is 0. The van der Waals surface area contributed by atoms with Gasteiger partial charge in [0.05, 0.1) is 0 Å². The minimum atomic E-state index is -2.15. The fourth-order valence-corrected chi connectivity index (χ4v) is 4.74. The molecule has 0 aromatic heterocycles. The molecule has 3 nitrogen and oxygen atoms in total. The van der Waals surface area contributed by atoms with E-state index in [2.05, 4.69) is 77.9 Å². The molecule has 0 aliphatic carbocycles. The van der Waals surface area contributed by atoms with Crippen molar-refractivity contribution in [2.45, 2.75) is 71.6 Å². The van der Waals surface area contributed by atoms with Crippen LogP contribution in [0.25, 0.3) is 0 Å². The lowest BCUT2D eigenvalue weighted by Gasteiger charge is -2.29. The molecule has 0 amide bonds. The summed E-state index contributed by atoms with van der Waals surface area (Å²) in [6, 6.07) is 24.6. The van der Waals surface area contributed by atoms with Gasteiger partial charge in [0, 0.05) is 16.5 Å². The van der Waals surface area contributed by atoms with Crippen molar-refractivity contribution < 1.29 is 13.9 Å². The second-order valence-corrected chi connectivity index (χ2v) is 10.9. The molecule has 0 radical (unpaired) electrons. The molecule has 1 atom stereocenters. The molecule has 0 heterocycles. The van der Waals surface area contributed by atoms with E-state index in [9.17, 15) is 4.89 Å². The van der Waals surface area contributed by atoms with Crippen LogP contribution < -0.4 is 9.05 Å². The smallest absolute Gasteiger partial charge is 0.418 e. The predicted octanol–water partition coefficient (Wildman–Crippen LogP) is 8.33. The number of rotatable bonds is 9. The summed E-state index contributed by atoms with van der Waals surface area (Å²) >= 11 is 0. The van der Waals surface area contributed by atoms with Gasteiger partial charge in [-0.25, -0.2) is 0 Å². The molecule has 3 aromatic rings. The van der Waals surface area contributed by atoms with E-state index in [1.807, 2.05) is 36.4 Å². The van der Waals surface area contributed by atoms with Gasteiger partial charge in [-0.3, -0.25) is 0 Å². The molecule has 176 valence electrons. The Hall–Kier alpha value is -2.35. The fraction of sp³-hybridized carbons (Fsp3) is 0.379. The van der Waals surface area contributed by atoms with Gasteiger partial charge in [-0.2, -0.15) is 0 Å². The standard InChI is InChI=1S/C29H37O3P/c1-7-8-14-22-19-20-27(25(21-22)29(5,6)23-15-10-9-11-16-23)32-33(30)31-26-18-13-12-17-24(26)28(2,3)4/h9-13,15-21,30H,7-8,14H2,1-6H3. The van der Waals surface area contributed by atoms with Crippen molar-refractivity contribution in [3.8, 4) is 11.5 Å². The van der Waals surface area contributed by atoms with Gasteiger partial charge in [-0.05, 0) is 41.5 Å². The van der Waals surface area contributed by atoms with Crippen LogP contribution in [0, 0.1) is 0 Å². The SMILES string of the molecule is CCCCc1ccc(OP(O)Oc2ccccc2C(C)(C)C)c(C(C)(C)c2ccccc2)c1. The van der Waals surface area contributed by atoms with Crippen molar-refractivity contribution in [2.24, 2.45) is 0 Å². The zero-order chi connectivity index (χ0) is 24.1. The Labute approximate surface area is 200 Å². The quantitative estimate of drug-likeness (QED) is 0.324. The fourth-order valence-electron chi connectivity index (χ4n) is 4.04. The molecule has 0 aliphatic rings. The van der Waals surface area contributed by atoms with Gasteiger partial charge in [0.2, 0.25) is 0 Å². The van der Waals surface area contributed by atoms with Crippen LogP contribution in [-0.2, 0) is 17.3 Å². The van der Waals surface area contributed by atoms with Crippen molar-refractivity contribution in [2.75, 3.05) is 0 Å². The third kappa shape index (κ3) is 6.37. The number of hydrogen-bond acceptors (Lipinski definition) is 3. The topological polar surface area (TPSA) is 38.7 Å². The Kier molecular flexibility index (Phi) is 8.21. The maximum absolute atomic E-state index is 10.8. The van der Waals surface area contributed by atoms with Crippen LogP contribution in [0.5, 0.6) is 11.5 Å². The van der Waals surface area contributed by atoms with Crippen LogP contribution in [0.2, 0.25) is 0 Å². The molecular formula is C29H37O3P. The Balaban J connectivity index is 1.93. The summed E-state index contributed by atoms with van der Waals surface area (Å²) in [6.07, 6.45) is 3.32. The zero-order valence-corrected chi connectivity index (χ0v) is 21.7. The highest BCUT2D eigenvalue weighted by Gasteiger charge is 2.29. The van der Waals surface area contributed by atoms with Gasteiger partial charge in [0.25, 0.3) is 0 Å². The molecule has 33 heavy (non-hydrogen) atoms. The zero-order valence-electron chi connectivity index (χ0n) is 20.8. The van der Waals surface area contributed by atoms with E-state index in [-0.39, 0.29) is 10.8 Å². The van der Waals surface area contributed by atoms with Crippen LogP contribution in [0.3, 0.4) is 0 Å². The summed E-state index contributed by atoms with van der Waals surface area (Å²) in [5.74, 6) is 1.31. The lowest BCUT2D eigenvalue weighted by molar-refractivity contribution is 0.372. The van der Waals surface area contributed by atoms with Crippen molar-refractivity contribution >= 4 is 8.60 Å². The first-order chi connectivity index (χ1) is 15.6. The van der Waals surface area contributed by atoms with Gasteiger partial charge >= 0.3 is 8.60 Å². The lowest BCUT2D eigenvalue weighted by atomic mass is 9.77. The lowest BCUT2D eigenvalue weighted by Crippen LogP contribution is -2.20. The maximum atomic E-state index is 10.8. The van der Waals surface area contributed by atoms with E-state index in [4.69, 9.17) is 9.05 Å². The van der Waals surface area contributed by atoms with E-state index in [0.29, 0.717) is 11.5 Å². The molecule has 4 heteroatoms. The third-order valence-corrected chi connectivity index (χ3v) is 6.79. The first kappa shape index (κ1) is 25.3. The minimum absolute atomic E-state index is 0.103. The van der Waals surface area contributed by atoms with Crippen molar-refractivity contribution in [3.63, 3.8) is 0 Å². The van der Waals surface area contributed by atoms with E-state index < -0.39 is 8.60 Å². The highest BCUT2D eigenvalue weighted by Crippen LogP contribution is 2.45. The van der Waals surface area contributed by atoms with Gasteiger partial charge in [0.1, 0.15) is 11.5 Å².